The first-order chi connectivity index (χ1) is 7.15. The molecule has 1 fully saturated rings. The molecule has 3 heteroatoms. The number of hydrogen-bond donors (Lipinski definition) is 1. The van der Waals surface area contributed by atoms with E-state index in [0.717, 1.165) is 13.0 Å². The van der Waals surface area contributed by atoms with Crippen molar-refractivity contribution in [2.75, 3.05) is 19.6 Å². The molecule has 1 atom stereocenters. The summed E-state index contributed by atoms with van der Waals surface area (Å²) in [6.07, 6.45) is 4.65. The van der Waals surface area contributed by atoms with Gasteiger partial charge < -0.3 is 10.6 Å². The van der Waals surface area contributed by atoms with Crippen molar-refractivity contribution in [2.24, 2.45) is 11.1 Å². The lowest BCUT2D eigenvalue weighted by molar-refractivity contribution is 0.238. The molecule has 15 heavy (non-hydrogen) atoms. The Morgan fingerprint density at radius 1 is 1.47 bits per heavy atom. The van der Waals surface area contributed by atoms with Crippen LogP contribution in [0.4, 0.5) is 0 Å². The lowest BCUT2D eigenvalue weighted by Crippen LogP contribution is -2.30. The maximum atomic E-state index is 8.61. The maximum Gasteiger partial charge on any atom is 0.0940 e. The van der Waals surface area contributed by atoms with Gasteiger partial charge in [-0.3, -0.25) is 0 Å². The summed E-state index contributed by atoms with van der Waals surface area (Å²) in [4.78, 5) is 2.46. The van der Waals surface area contributed by atoms with E-state index < -0.39 is 0 Å². The van der Waals surface area contributed by atoms with Crippen LogP contribution in [-0.4, -0.2) is 30.6 Å². The minimum atomic E-state index is -0.289. The molecule has 0 aliphatic carbocycles. The molecule has 1 heterocycles. The number of rotatable bonds is 5. The molecule has 1 aliphatic rings. The Labute approximate surface area is 93.2 Å². The van der Waals surface area contributed by atoms with Crippen molar-refractivity contribution < 1.29 is 0 Å². The molecular formula is C12H23N3. The number of hydrogen-bond acceptors (Lipinski definition) is 3. The molecule has 0 amide bonds. The smallest absolute Gasteiger partial charge is 0.0940 e. The number of nitriles is 1. The van der Waals surface area contributed by atoms with Crippen LogP contribution in [0, 0.1) is 16.7 Å². The van der Waals surface area contributed by atoms with Crippen molar-refractivity contribution in [2.45, 2.75) is 45.6 Å². The molecule has 1 rings (SSSR count). The van der Waals surface area contributed by atoms with Crippen molar-refractivity contribution >= 4 is 0 Å². The van der Waals surface area contributed by atoms with Gasteiger partial charge in [0.1, 0.15) is 0 Å². The number of nitrogens with two attached hydrogens (primary N) is 1. The molecule has 1 saturated heterocycles. The predicted molar refractivity (Wildman–Crippen MR) is 62.3 cm³/mol. The summed E-state index contributed by atoms with van der Waals surface area (Å²) in [6.45, 7) is 7.93. The molecule has 0 radical (unpaired) electrons. The lowest BCUT2D eigenvalue weighted by atomic mass is 9.82. The van der Waals surface area contributed by atoms with E-state index in [0.29, 0.717) is 5.41 Å². The highest BCUT2D eigenvalue weighted by molar-refractivity contribution is 4.91. The largest absolute Gasteiger partial charge is 0.316 e. The third kappa shape index (κ3) is 3.19. The summed E-state index contributed by atoms with van der Waals surface area (Å²) in [7, 11) is 0. The Balaban J connectivity index is 2.33. The zero-order chi connectivity index (χ0) is 11.3. The zero-order valence-electron chi connectivity index (χ0n) is 10.00. The first kappa shape index (κ1) is 12.5. The zero-order valence-corrected chi connectivity index (χ0v) is 10.00. The van der Waals surface area contributed by atoms with Gasteiger partial charge in [-0.25, -0.2) is 0 Å². The van der Waals surface area contributed by atoms with Gasteiger partial charge in [0.2, 0.25) is 0 Å². The van der Waals surface area contributed by atoms with Crippen molar-refractivity contribution in [1.82, 2.24) is 4.90 Å². The normalized spacial score (nSPS) is 22.5. The molecule has 0 spiro atoms. The van der Waals surface area contributed by atoms with Crippen molar-refractivity contribution in [3.8, 4) is 6.07 Å². The summed E-state index contributed by atoms with van der Waals surface area (Å²) in [6, 6.07) is 1.80. The van der Waals surface area contributed by atoms with Gasteiger partial charge in [0.15, 0.2) is 0 Å². The second-order valence-electron chi connectivity index (χ2n) is 4.76. The molecule has 0 saturated carbocycles. The van der Waals surface area contributed by atoms with Crippen LogP contribution in [0.1, 0.15) is 39.5 Å². The number of likely N-dealkylation sites (tertiary alicyclic amines) is 1. The third-order valence-corrected chi connectivity index (χ3v) is 3.94. The third-order valence-electron chi connectivity index (χ3n) is 3.94. The monoisotopic (exact) mass is 209 g/mol. The topological polar surface area (TPSA) is 53.0 Å². The van der Waals surface area contributed by atoms with Crippen LogP contribution in [-0.2, 0) is 0 Å². The first-order valence-corrected chi connectivity index (χ1v) is 6.03. The van der Waals surface area contributed by atoms with Crippen LogP contribution in [0.15, 0.2) is 0 Å². The second-order valence-corrected chi connectivity index (χ2v) is 4.76. The standard InChI is InChI=1S/C12H23N3/c1-3-12(4-2)6-8-15(10-12)7-5-11(14)9-13/h11H,3-8,10,14H2,1-2H3. The Hall–Kier alpha value is -0.590. The Morgan fingerprint density at radius 3 is 2.60 bits per heavy atom. The van der Waals surface area contributed by atoms with Gasteiger partial charge in [-0.15, -0.1) is 0 Å². The van der Waals surface area contributed by atoms with E-state index in [1.807, 2.05) is 0 Å². The van der Waals surface area contributed by atoms with Crippen LogP contribution < -0.4 is 5.73 Å². The lowest BCUT2D eigenvalue weighted by Gasteiger charge is -2.26. The molecule has 86 valence electrons. The first-order valence-electron chi connectivity index (χ1n) is 6.03. The Morgan fingerprint density at radius 2 is 2.13 bits per heavy atom. The quantitative estimate of drug-likeness (QED) is 0.750. The fraction of sp³-hybridized carbons (Fsp3) is 0.917. The SMILES string of the molecule is CCC1(CC)CCN(CCC(N)C#N)C1. The molecular weight excluding hydrogens is 186 g/mol. The molecule has 0 aromatic rings. The maximum absolute atomic E-state index is 8.61. The van der Waals surface area contributed by atoms with E-state index in [9.17, 15) is 0 Å². The van der Waals surface area contributed by atoms with Crippen LogP contribution in [0.5, 0.6) is 0 Å². The Kier molecular flexibility index (Phi) is 4.56. The van der Waals surface area contributed by atoms with Gasteiger partial charge >= 0.3 is 0 Å². The molecule has 1 aliphatic heterocycles. The minimum Gasteiger partial charge on any atom is -0.316 e. The van der Waals surface area contributed by atoms with E-state index >= 15 is 0 Å². The summed E-state index contributed by atoms with van der Waals surface area (Å²) in [5, 5.41) is 8.61. The van der Waals surface area contributed by atoms with E-state index in [1.54, 1.807) is 0 Å². The highest BCUT2D eigenvalue weighted by atomic mass is 15.2. The van der Waals surface area contributed by atoms with Gasteiger partial charge in [-0.2, -0.15) is 5.26 Å². The van der Waals surface area contributed by atoms with E-state index in [4.69, 9.17) is 11.0 Å². The molecule has 2 N–H and O–H groups in total. The van der Waals surface area contributed by atoms with Gasteiger partial charge in [0.05, 0.1) is 12.1 Å². The second kappa shape index (κ2) is 5.48. The van der Waals surface area contributed by atoms with Crippen LogP contribution >= 0.6 is 0 Å². The van der Waals surface area contributed by atoms with E-state index in [-0.39, 0.29) is 6.04 Å². The highest BCUT2D eigenvalue weighted by Crippen LogP contribution is 2.36. The van der Waals surface area contributed by atoms with Gasteiger partial charge in [-0.1, -0.05) is 13.8 Å². The summed E-state index contributed by atoms with van der Waals surface area (Å²) in [5.41, 5.74) is 6.13. The van der Waals surface area contributed by atoms with E-state index in [1.165, 1.54) is 32.4 Å². The van der Waals surface area contributed by atoms with Gasteiger partial charge in [-0.05, 0) is 37.6 Å². The van der Waals surface area contributed by atoms with Crippen molar-refractivity contribution in [3.05, 3.63) is 0 Å². The van der Waals surface area contributed by atoms with Crippen LogP contribution in [0.2, 0.25) is 0 Å². The molecule has 0 bridgehead atoms. The summed E-state index contributed by atoms with van der Waals surface area (Å²) >= 11 is 0. The van der Waals surface area contributed by atoms with Crippen LogP contribution in [0.3, 0.4) is 0 Å². The number of nitrogens with zero attached hydrogens (tertiary/aromatic N) is 2. The average molecular weight is 209 g/mol. The van der Waals surface area contributed by atoms with Crippen molar-refractivity contribution in [3.63, 3.8) is 0 Å². The molecule has 1 unspecified atom stereocenters. The summed E-state index contributed by atoms with van der Waals surface area (Å²) < 4.78 is 0. The van der Waals surface area contributed by atoms with Gasteiger partial charge in [0.25, 0.3) is 0 Å². The molecule has 0 aromatic carbocycles. The minimum absolute atomic E-state index is 0.289. The van der Waals surface area contributed by atoms with E-state index in [2.05, 4.69) is 24.8 Å². The predicted octanol–water partition coefficient (Wildman–Crippen LogP) is 1.74. The summed E-state index contributed by atoms with van der Waals surface area (Å²) in [5.74, 6) is 0. The van der Waals surface area contributed by atoms with Crippen LogP contribution in [0.25, 0.3) is 0 Å². The fourth-order valence-corrected chi connectivity index (χ4v) is 2.43. The average Bonchev–Trinajstić information content (AvgIpc) is 2.70. The van der Waals surface area contributed by atoms with Gasteiger partial charge in [0, 0.05) is 13.1 Å². The highest BCUT2D eigenvalue weighted by Gasteiger charge is 2.34. The van der Waals surface area contributed by atoms with Crippen molar-refractivity contribution in [1.29, 1.82) is 5.26 Å². The molecule has 0 aromatic heterocycles. The Bertz CT molecular complexity index is 228. The fourth-order valence-electron chi connectivity index (χ4n) is 2.43. The molecule has 3 nitrogen and oxygen atoms in total.